The lowest BCUT2D eigenvalue weighted by Crippen LogP contribution is -2.54. The van der Waals surface area contributed by atoms with Crippen molar-refractivity contribution in [3.05, 3.63) is 71.0 Å². The first-order valence-corrected chi connectivity index (χ1v) is 19.0. The van der Waals surface area contributed by atoms with Crippen LogP contribution in [0.2, 0.25) is 5.02 Å². The fourth-order valence-electron chi connectivity index (χ4n) is 7.11. The molecule has 3 N–H and O–H groups in total. The van der Waals surface area contributed by atoms with Gasteiger partial charge in [-0.1, -0.05) is 24.6 Å². The predicted molar refractivity (Wildman–Crippen MR) is 214 cm³/mol. The number of ether oxygens (including phenoxy) is 1. The maximum absolute atomic E-state index is 13.6. The number of pyridine rings is 1. The van der Waals surface area contributed by atoms with Crippen molar-refractivity contribution in [2.75, 3.05) is 59.8 Å². The second-order valence-electron chi connectivity index (χ2n) is 14.3. The smallest absolute Gasteiger partial charge is 0.259 e. The number of hydrogen-bond acceptors (Lipinski definition) is 11. The van der Waals surface area contributed by atoms with E-state index in [0.717, 1.165) is 43.2 Å². The zero-order valence-electron chi connectivity index (χ0n) is 31.2. The van der Waals surface area contributed by atoms with E-state index >= 15 is 0 Å². The molecule has 0 aliphatic carbocycles. The summed E-state index contributed by atoms with van der Waals surface area (Å²) in [4.78, 5) is 62.1. The minimum Gasteiger partial charge on any atom is -0.492 e. The summed E-state index contributed by atoms with van der Waals surface area (Å²) in [7, 11) is 0. The Hall–Kier alpha value is -5.14. The van der Waals surface area contributed by atoms with Crippen molar-refractivity contribution in [1.82, 2.24) is 20.1 Å². The molecule has 55 heavy (non-hydrogen) atoms. The van der Waals surface area contributed by atoms with Crippen molar-refractivity contribution in [3.8, 4) is 11.8 Å². The lowest BCUT2D eigenvalue weighted by molar-refractivity contribution is -0.133. The second-order valence-corrected chi connectivity index (χ2v) is 15.1. The number of nitrogens with zero attached hydrogens (tertiary/aromatic N) is 6. The lowest BCUT2D eigenvalue weighted by Gasteiger charge is -2.39. The third-order valence-corrected chi connectivity index (χ3v) is 10.8. The number of amides is 4. The van der Waals surface area contributed by atoms with Crippen LogP contribution in [0.3, 0.4) is 0 Å². The van der Waals surface area contributed by atoms with Crippen LogP contribution < -0.4 is 30.5 Å². The molecule has 4 amide bonds. The van der Waals surface area contributed by atoms with Gasteiger partial charge in [0.1, 0.15) is 30.0 Å². The number of aromatic nitrogens is 1. The van der Waals surface area contributed by atoms with Gasteiger partial charge in [-0.2, -0.15) is 5.26 Å². The maximum atomic E-state index is 13.6. The molecular weight excluding hydrogens is 742 g/mol. The first-order chi connectivity index (χ1) is 26.3. The number of benzene rings is 2. The Morgan fingerprint density at radius 3 is 2.62 bits per heavy atom. The Bertz CT molecular complexity index is 2060. The molecule has 2 atom stereocenters. The molecule has 16 heteroatoms. The van der Waals surface area contributed by atoms with E-state index in [4.69, 9.17) is 28.6 Å². The number of thiocarbonyl (C=S) groups is 1. The number of anilines is 4. The van der Waals surface area contributed by atoms with Crippen LogP contribution in [0, 0.1) is 11.3 Å². The largest absolute Gasteiger partial charge is 0.492 e. The third-order valence-electron chi connectivity index (χ3n) is 10.1. The highest BCUT2D eigenvalue weighted by molar-refractivity contribution is 7.81. The molecule has 2 aromatic carbocycles. The van der Waals surface area contributed by atoms with Crippen LogP contribution >= 0.6 is 23.8 Å². The Morgan fingerprint density at radius 2 is 1.91 bits per heavy atom. The summed E-state index contributed by atoms with van der Waals surface area (Å²) in [5, 5.41) is 18.1. The summed E-state index contributed by atoms with van der Waals surface area (Å²) >= 11 is 12.1. The summed E-state index contributed by atoms with van der Waals surface area (Å²) in [6.45, 7) is 11.5. The van der Waals surface area contributed by atoms with Gasteiger partial charge < -0.3 is 20.3 Å². The van der Waals surface area contributed by atoms with E-state index < -0.39 is 11.6 Å². The summed E-state index contributed by atoms with van der Waals surface area (Å²) in [6, 6.07) is 16.1. The van der Waals surface area contributed by atoms with Gasteiger partial charge in [-0.05, 0) is 93.9 Å². The van der Waals surface area contributed by atoms with E-state index in [2.05, 4.69) is 37.7 Å². The molecule has 0 radical (unpaired) electrons. The molecule has 0 saturated carbocycles. The Labute approximate surface area is 330 Å². The number of piperazine rings is 1. The van der Waals surface area contributed by atoms with E-state index in [1.165, 1.54) is 17.2 Å². The van der Waals surface area contributed by atoms with E-state index in [1.807, 2.05) is 56.0 Å². The van der Waals surface area contributed by atoms with Gasteiger partial charge >= 0.3 is 0 Å². The summed E-state index contributed by atoms with van der Waals surface area (Å²) in [5.74, 6) is -0.212. The number of carbonyl (C=O) groups is 4. The molecule has 3 aromatic rings. The van der Waals surface area contributed by atoms with Gasteiger partial charge in [0.05, 0.1) is 23.5 Å². The monoisotopic (exact) mass is 785 g/mol. The number of rotatable bonds is 12. The molecule has 1 aromatic heterocycles. The number of nitrogens with one attached hydrogen (secondary N) is 3. The average Bonchev–Trinajstić information content (AvgIpc) is 3.32. The van der Waals surface area contributed by atoms with Crippen molar-refractivity contribution in [2.45, 2.75) is 64.6 Å². The standard InChI is InChI=1S/C39H44ClN9O5S/c1-5-25-17-28(49-38(55)48(37(53)39(49,3)4)29-19-30(40)32(20-41)42-21-29)9-11-33(25)54-16-15-46-13-14-47(24(2)22-46)23-35(51)44-27-8-6-7-26(18-27)43-31-10-12-34(50)45-36(31)52/h6-9,11,17-19,21,24,31,43H,5,10,12-16,22-23H2,1-4H3,(H,44,51)(H,45,50,52). The average molecular weight is 786 g/mol. The van der Waals surface area contributed by atoms with Gasteiger partial charge in [-0.15, -0.1) is 0 Å². The van der Waals surface area contributed by atoms with E-state index in [-0.39, 0.29) is 58.5 Å². The molecule has 3 fully saturated rings. The molecule has 288 valence electrons. The summed E-state index contributed by atoms with van der Waals surface area (Å²) in [5.41, 5.74) is 2.52. The van der Waals surface area contributed by atoms with Crippen molar-refractivity contribution in [1.29, 1.82) is 5.26 Å². The van der Waals surface area contributed by atoms with Crippen LogP contribution in [0.1, 0.15) is 51.8 Å². The molecular formula is C39H44ClN9O5S. The number of halogens is 1. The van der Waals surface area contributed by atoms with Gasteiger partial charge in [0, 0.05) is 55.7 Å². The van der Waals surface area contributed by atoms with Crippen molar-refractivity contribution in [3.63, 3.8) is 0 Å². The minimum atomic E-state index is -0.994. The van der Waals surface area contributed by atoms with Crippen LogP contribution in [0.5, 0.6) is 5.75 Å². The highest BCUT2D eigenvalue weighted by atomic mass is 35.5. The fourth-order valence-corrected chi connectivity index (χ4v) is 7.83. The molecule has 6 rings (SSSR count). The quantitative estimate of drug-likeness (QED) is 0.176. The van der Waals surface area contributed by atoms with Crippen LogP contribution in [-0.2, 0) is 25.6 Å². The zero-order valence-corrected chi connectivity index (χ0v) is 32.8. The molecule has 2 unspecified atom stereocenters. The fraction of sp³-hybridized carbons (Fsp3) is 0.410. The van der Waals surface area contributed by atoms with E-state index in [9.17, 15) is 24.4 Å². The number of nitriles is 1. The number of aryl methyl sites for hydroxylation is 1. The highest BCUT2D eigenvalue weighted by Crippen LogP contribution is 2.38. The molecule has 0 spiro atoms. The van der Waals surface area contributed by atoms with E-state index in [0.29, 0.717) is 36.5 Å². The topological polar surface area (TPSA) is 163 Å². The number of imide groups is 1. The van der Waals surface area contributed by atoms with Crippen LogP contribution in [0.25, 0.3) is 0 Å². The van der Waals surface area contributed by atoms with Gasteiger partial charge in [-0.25, -0.2) is 4.98 Å². The normalized spacial score (nSPS) is 20.3. The van der Waals surface area contributed by atoms with Gasteiger partial charge in [-0.3, -0.25) is 39.2 Å². The van der Waals surface area contributed by atoms with Gasteiger partial charge in [0.2, 0.25) is 17.7 Å². The van der Waals surface area contributed by atoms with E-state index in [1.54, 1.807) is 18.2 Å². The van der Waals surface area contributed by atoms with Crippen LogP contribution in [0.4, 0.5) is 22.7 Å². The first kappa shape index (κ1) is 39.6. The van der Waals surface area contributed by atoms with Crippen molar-refractivity contribution >= 4 is 75.3 Å². The first-order valence-electron chi connectivity index (χ1n) is 18.3. The van der Waals surface area contributed by atoms with Crippen LogP contribution in [0.15, 0.2) is 54.7 Å². The third kappa shape index (κ3) is 8.73. The van der Waals surface area contributed by atoms with Crippen LogP contribution in [-0.4, -0.2) is 100 Å². The Kier molecular flexibility index (Phi) is 12.0. The second kappa shape index (κ2) is 16.7. The molecule has 3 aliphatic rings. The Balaban J connectivity index is 0.992. The summed E-state index contributed by atoms with van der Waals surface area (Å²) < 4.78 is 6.30. The molecule has 3 saturated heterocycles. The number of carbonyl (C=O) groups excluding carboxylic acids is 4. The van der Waals surface area contributed by atoms with Crippen molar-refractivity contribution < 1.29 is 23.9 Å². The SMILES string of the molecule is CCc1cc(N2C(=S)N(c3cnc(C#N)c(Cl)c3)C(=O)C2(C)C)ccc1OCCN1CCN(CC(=O)Nc2cccc(NC3CCC(=O)NC3=O)c2)C(C)C1. The van der Waals surface area contributed by atoms with Gasteiger partial charge in [0.25, 0.3) is 5.91 Å². The molecule has 14 nitrogen and oxygen atoms in total. The maximum Gasteiger partial charge on any atom is 0.259 e. The van der Waals surface area contributed by atoms with Crippen molar-refractivity contribution in [2.24, 2.45) is 0 Å². The Morgan fingerprint density at radius 1 is 1.13 bits per heavy atom. The van der Waals surface area contributed by atoms with Gasteiger partial charge in [0.15, 0.2) is 10.8 Å². The number of hydrogen-bond donors (Lipinski definition) is 3. The minimum absolute atomic E-state index is 0.0721. The molecule has 0 bridgehead atoms. The molecule has 4 heterocycles. The highest BCUT2D eigenvalue weighted by Gasteiger charge is 2.50. The molecule has 3 aliphatic heterocycles. The zero-order chi connectivity index (χ0) is 39.4. The number of piperidine rings is 1. The lowest BCUT2D eigenvalue weighted by atomic mass is 10.0. The predicted octanol–water partition coefficient (Wildman–Crippen LogP) is 4.33. The summed E-state index contributed by atoms with van der Waals surface area (Å²) in [6.07, 6.45) is 2.83.